The molecule has 0 saturated carbocycles. The number of nitrogens with one attached hydrogen (secondary N) is 2. The molecule has 2 heterocycles. The highest BCUT2D eigenvalue weighted by atomic mass is 32.2. The fraction of sp³-hybridized carbons (Fsp3) is 0.545. The fourth-order valence-electron chi connectivity index (χ4n) is 1.92. The van der Waals surface area contributed by atoms with Gasteiger partial charge in [-0.15, -0.1) is 0 Å². The first-order chi connectivity index (χ1) is 9.12. The van der Waals surface area contributed by atoms with Gasteiger partial charge in [-0.2, -0.15) is 0 Å². The van der Waals surface area contributed by atoms with Crippen molar-refractivity contribution in [1.82, 2.24) is 9.71 Å². The number of nitrogens with zero attached hydrogens (tertiary/aromatic N) is 1. The predicted octanol–water partition coefficient (Wildman–Crippen LogP) is 0.0721. The van der Waals surface area contributed by atoms with Crippen molar-refractivity contribution < 1.29 is 13.2 Å². The number of hydrogen-bond acceptors (Lipinski definition) is 6. The van der Waals surface area contributed by atoms with E-state index in [1.165, 1.54) is 18.3 Å². The van der Waals surface area contributed by atoms with Gasteiger partial charge in [0.2, 0.25) is 10.0 Å². The van der Waals surface area contributed by atoms with E-state index in [4.69, 9.17) is 10.6 Å². The molecule has 1 fully saturated rings. The molecule has 1 saturated heterocycles. The van der Waals surface area contributed by atoms with Crippen molar-refractivity contribution in [2.45, 2.75) is 17.7 Å². The van der Waals surface area contributed by atoms with Crippen LogP contribution >= 0.6 is 0 Å². The zero-order valence-electron chi connectivity index (χ0n) is 10.5. The molecule has 1 aliphatic heterocycles. The molecule has 1 atom stereocenters. The van der Waals surface area contributed by atoms with Gasteiger partial charge >= 0.3 is 0 Å². The van der Waals surface area contributed by atoms with E-state index in [9.17, 15) is 8.42 Å². The lowest BCUT2D eigenvalue weighted by molar-refractivity contribution is 0.184. The monoisotopic (exact) mass is 286 g/mol. The molecule has 1 unspecified atom stereocenters. The van der Waals surface area contributed by atoms with E-state index in [1.54, 1.807) is 0 Å². The van der Waals surface area contributed by atoms with Crippen LogP contribution in [0.4, 0.5) is 5.82 Å². The second-order valence-electron chi connectivity index (χ2n) is 4.44. The van der Waals surface area contributed by atoms with Crippen molar-refractivity contribution in [1.29, 1.82) is 0 Å². The standard InChI is InChI=1S/C11H18N4O3S/c12-15-11-2-1-10(7-13-11)19(16,17)14-5-3-9-4-6-18-8-9/h1-2,7,9,14H,3-6,8,12H2,(H,13,15). The van der Waals surface area contributed by atoms with Crippen molar-refractivity contribution >= 4 is 15.8 Å². The second kappa shape index (κ2) is 6.29. The topological polar surface area (TPSA) is 106 Å². The normalized spacial score (nSPS) is 19.5. The number of nitrogen functional groups attached to an aromatic ring is 1. The Morgan fingerprint density at radius 1 is 1.47 bits per heavy atom. The molecule has 1 aliphatic rings. The number of aromatic nitrogens is 1. The summed E-state index contributed by atoms with van der Waals surface area (Å²) in [5, 5.41) is 0. The van der Waals surface area contributed by atoms with Crippen molar-refractivity contribution in [3.05, 3.63) is 18.3 Å². The highest BCUT2D eigenvalue weighted by Gasteiger charge is 2.18. The van der Waals surface area contributed by atoms with Crippen molar-refractivity contribution in [2.75, 3.05) is 25.2 Å². The summed E-state index contributed by atoms with van der Waals surface area (Å²) in [6, 6.07) is 2.97. The van der Waals surface area contributed by atoms with E-state index in [-0.39, 0.29) is 4.90 Å². The minimum absolute atomic E-state index is 0.133. The molecule has 0 aliphatic carbocycles. The van der Waals surface area contributed by atoms with Crippen LogP contribution in [0.1, 0.15) is 12.8 Å². The van der Waals surface area contributed by atoms with Crippen molar-refractivity contribution in [3.63, 3.8) is 0 Å². The van der Waals surface area contributed by atoms with E-state index >= 15 is 0 Å². The molecular weight excluding hydrogens is 268 g/mol. The Hall–Kier alpha value is -1.22. The third-order valence-corrected chi connectivity index (χ3v) is 4.51. The van der Waals surface area contributed by atoms with E-state index in [0.29, 0.717) is 18.3 Å². The van der Waals surface area contributed by atoms with Gasteiger partial charge in [0.1, 0.15) is 10.7 Å². The largest absolute Gasteiger partial charge is 0.381 e. The molecule has 1 aromatic heterocycles. The quantitative estimate of drug-likeness (QED) is 0.505. The van der Waals surface area contributed by atoms with Gasteiger partial charge in [-0.3, -0.25) is 0 Å². The number of rotatable bonds is 6. The van der Waals surface area contributed by atoms with Gasteiger partial charge < -0.3 is 10.2 Å². The summed E-state index contributed by atoms with van der Waals surface area (Å²) in [5.74, 6) is 6.04. The number of ether oxygens (including phenoxy) is 1. The molecule has 2 rings (SSSR count). The minimum atomic E-state index is -3.50. The van der Waals surface area contributed by atoms with Crippen molar-refractivity contribution in [2.24, 2.45) is 11.8 Å². The maximum atomic E-state index is 12.0. The fourth-order valence-corrected chi connectivity index (χ4v) is 2.91. The molecule has 4 N–H and O–H groups in total. The maximum Gasteiger partial charge on any atom is 0.242 e. The van der Waals surface area contributed by atoms with Gasteiger partial charge in [0, 0.05) is 26.0 Å². The highest BCUT2D eigenvalue weighted by molar-refractivity contribution is 7.89. The number of sulfonamides is 1. The lowest BCUT2D eigenvalue weighted by Gasteiger charge is -2.09. The second-order valence-corrected chi connectivity index (χ2v) is 6.21. The van der Waals surface area contributed by atoms with Crippen LogP contribution in [0, 0.1) is 5.92 Å². The van der Waals surface area contributed by atoms with E-state index in [2.05, 4.69) is 15.1 Å². The molecule has 0 spiro atoms. The molecule has 0 radical (unpaired) electrons. The van der Waals surface area contributed by atoms with Gasteiger partial charge in [-0.05, 0) is 30.9 Å². The summed E-state index contributed by atoms with van der Waals surface area (Å²) in [6.07, 6.45) is 3.06. The van der Waals surface area contributed by atoms with Crippen LogP contribution in [0.25, 0.3) is 0 Å². The summed E-state index contributed by atoms with van der Waals surface area (Å²) in [4.78, 5) is 4.01. The summed E-state index contributed by atoms with van der Waals surface area (Å²) >= 11 is 0. The lowest BCUT2D eigenvalue weighted by atomic mass is 10.1. The Kier molecular flexibility index (Phi) is 4.70. The van der Waals surface area contributed by atoms with Gasteiger partial charge in [-0.25, -0.2) is 24.0 Å². The SMILES string of the molecule is NNc1ccc(S(=O)(=O)NCCC2CCOC2)cn1. The number of hydrogen-bond donors (Lipinski definition) is 3. The Balaban J connectivity index is 1.89. The molecule has 0 bridgehead atoms. The van der Waals surface area contributed by atoms with Gasteiger partial charge in [0.05, 0.1) is 0 Å². The minimum Gasteiger partial charge on any atom is -0.381 e. The van der Waals surface area contributed by atoms with Crippen LogP contribution in [0.5, 0.6) is 0 Å². The zero-order valence-corrected chi connectivity index (χ0v) is 11.3. The van der Waals surface area contributed by atoms with Crippen LogP contribution in [-0.2, 0) is 14.8 Å². The van der Waals surface area contributed by atoms with Crippen LogP contribution in [0.3, 0.4) is 0 Å². The van der Waals surface area contributed by atoms with E-state index < -0.39 is 10.0 Å². The van der Waals surface area contributed by atoms with Gasteiger partial charge in [-0.1, -0.05) is 0 Å². The molecule has 8 heteroatoms. The zero-order chi connectivity index (χ0) is 13.7. The van der Waals surface area contributed by atoms with Gasteiger partial charge in [0.15, 0.2) is 0 Å². The molecule has 0 amide bonds. The molecule has 19 heavy (non-hydrogen) atoms. The smallest absolute Gasteiger partial charge is 0.242 e. The van der Waals surface area contributed by atoms with Crippen molar-refractivity contribution in [3.8, 4) is 0 Å². The average molecular weight is 286 g/mol. The number of pyridine rings is 1. The molecule has 1 aromatic rings. The maximum absolute atomic E-state index is 12.0. The summed E-state index contributed by atoms with van der Waals surface area (Å²) in [7, 11) is -3.50. The van der Waals surface area contributed by atoms with Crippen LogP contribution < -0.4 is 16.0 Å². The van der Waals surface area contributed by atoms with Crippen LogP contribution in [0.15, 0.2) is 23.2 Å². The Morgan fingerprint density at radius 3 is 2.89 bits per heavy atom. The number of hydrazine groups is 1. The average Bonchev–Trinajstić information content (AvgIpc) is 2.92. The number of anilines is 1. The molecular formula is C11H18N4O3S. The Labute approximate surface area is 112 Å². The summed E-state index contributed by atoms with van der Waals surface area (Å²) in [5.41, 5.74) is 2.35. The predicted molar refractivity (Wildman–Crippen MR) is 70.8 cm³/mol. The van der Waals surface area contributed by atoms with Crippen LogP contribution in [-0.4, -0.2) is 33.2 Å². The van der Waals surface area contributed by atoms with E-state index in [0.717, 1.165) is 26.1 Å². The summed E-state index contributed by atoms with van der Waals surface area (Å²) < 4.78 is 31.8. The third-order valence-electron chi connectivity index (χ3n) is 3.06. The first-order valence-corrected chi connectivity index (χ1v) is 7.60. The Bertz CT molecular complexity index is 497. The molecule has 106 valence electrons. The van der Waals surface area contributed by atoms with Gasteiger partial charge in [0.25, 0.3) is 0 Å². The van der Waals surface area contributed by atoms with E-state index in [1.807, 2.05) is 0 Å². The number of nitrogens with two attached hydrogens (primary N) is 1. The Morgan fingerprint density at radius 2 is 2.32 bits per heavy atom. The highest BCUT2D eigenvalue weighted by Crippen LogP contribution is 2.16. The molecule has 0 aromatic carbocycles. The first-order valence-electron chi connectivity index (χ1n) is 6.12. The first kappa shape index (κ1) is 14.2. The third kappa shape index (κ3) is 3.87. The lowest BCUT2D eigenvalue weighted by Crippen LogP contribution is -2.26. The van der Waals surface area contributed by atoms with Crippen LogP contribution in [0.2, 0.25) is 0 Å². The summed E-state index contributed by atoms with van der Waals surface area (Å²) in [6.45, 7) is 1.91. The molecule has 7 nitrogen and oxygen atoms in total.